The minimum Gasteiger partial charge on any atom is -0.393 e. The van der Waals surface area contributed by atoms with Crippen LogP contribution in [-0.2, 0) is 0 Å². The first kappa shape index (κ1) is 15.2. The molecule has 1 aliphatic rings. The van der Waals surface area contributed by atoms with Crippen molar-refractivity contribution < 1.29 is 14.1 Å². The fourth-order valence-electron chi connectivity index (χ4n) is 2.37. The summed E-state index contributed by atoms with van der Waals surface area (Å²) in [5, 5.41) is 16.7. The van der Waals surface area contributed by atoms with E-state index in [2.05, 4.69) is 10.6 Å². The molecule has 2 atom stereocenters. The average Bonchev–Trinajstić information content (AvgIpc) is 2.43. The van der Waals surface area contributed by atoms with Crippen LogP contribution in [0.1, 0.15) is 23.7 Å². The normalized spacial score (nSPS) is 21.8. The van der Waals surface area contributed by atoms with Gasteiger partial charge in [0.15, 0.2) is 0 Å². The van der Waals surface area contributed by atoms with Crippen LogP contribution in [0.2, 0.25) is 0 Å². The van der Waals surface area contributed by atoms with Gasteiger partial charge in [-0.3, -0.25) is 14.9 Å². The molecule has 4 N–H and O–H groups in total. The molecule has 0 bridgehead atoms. The number of nitro groups is 1. The first-order valence-electron chi connectivity index (χ1n) is 6.65. The Morgan fingerprint density at radius 3 is 2.90 bits per heavy atom. The van der Waals surface area contributed by atoms with E-state index in [1.807, 2.05) is 6.92 Å². The highest BCUT2D eigenvalue weighted by molar-refractivity contribution is 6.01. The fraction of sp³-hybridized carbons (Fsp3) is 0.462. The number of nitro benzene ring substituents is 1. The average molecular weight is 296 g/mol. The van der Waals surface area contributed by atoms with Crippen LogP contribution in [0.3, 0.4) is 0 Å². The van der Waals surface area contributed by atoms with Crippen molar-refractivity contribution in [1.29, 1.82) is 0 Å². The Morgan fingerprint density at radius 2 is 2.29 bits per heavy atom. The molecule has 7 nitrogen and oxygen atoms in total. The van der Waals surface area contributed by atoms with E-state index < -0.39 is 22.3 Å². The Labute approximate surface area is 120 Å². The molecule has 1 saturated heterocycles. The van der Waals surface area contributed by atoms with E-state index in [1.165, 1.54) is 0 Å². The van der Waals surface area contributed by atoms with Crippen LogP contribution in [0, 0.1) is 21.8 Å². The van der Waals surface area contributed by atoms with Crippen LogP contribution in [0.25, 0.3) is 0 Å². The molecule has 0 radical (unpaired) electrons. The molecule has 21 heavy (non-hydrogen) atoms. The number of hydrogen-bond donors (Lipinski definition) is 3. The number of nitrogen functional groups attached to an aromatic ring is 1. The van der Waals surface area contributed by atoms with Gasteiger partial charge in [-0.2, -0.15) is 0 Å². The third-order valence-corrected chi connectivity index (χ3v) is 3.71. The van der Waals surface area contributed by atoms with Crippen LogP contribution in [0.15, 0.2) is 12.1 Å². The van der Waals surface area contributed by atoms with E-state index in [0.29, 0.717) is 12.6 Å². The predicted molar refractivity (Wildman–Crippen MR) is 75.4 cm³/mol. The Balaban J connectivity index is 2.24. The van der Waals surface area contributed by atoms with Crippen molar-refractivity contribution in [2.45, 2.75) is 19.4 Å². The Hall–Kier alpha value is -2.22. The molecule has 1 aliphatic heterocycles. The molecule has 1 heterocycles. The summed E-state index contributed by atoms with van der Waals surface area (Å²) in [7, 11) is 0. The topological polar surface area (TPSA) is 110 Å². The number of anilines is 1. The summed E-state index contributed by atoms with van der Waals surface area (Å²) in [4.78, 5) is 22.2. The minimum atomic E-state index is -0.865. The number of hydrogen-bond acceptors (Lipinski definition) is 5. The molecule has 1 amide bonds. The maximum Gasteiger partial charge on any atom is 0.295 e. The third-order valence-electron chi connectivity index (χ3n) is 3.71. The number of halogens is 1. The van der Waals surface area contributed by atoms with Crippen molar-refractivity contribution in [3.05, 3.63) is 33.6 Å². The second kappa shape index (κ2) is 6.04. The van der Waals surface area contributed by atoms with Gasteiger partial charge < -0.3 is 16.4 Å². The Bertz CT molecular complexity index is 579. The van der Waals surface area contributed by atoms with Crippen LogP contribution >= 0.6 is 0 Å². The standard InChI is InChI=1S/C13H17FN4O3/c1-7-2-3-16-6-10(7)17-13(19)9-4-8(14)5-11(12(9)15)18(20)21/h4-5,7,10,16H,2-3,6,15H2,1H3,(H,17,19). The van der Waals surface area contributed by atoms with Gasteiger partial charge >= 0.3 is 0 Å². The summed E-state index contributed by atoms with van der Waals surface area (Å²) in [5.74, 6) is -1.20. The van der Waals surface area contributed by atoms with Gasteiger partial charge in [-0.15, -0.1) is 0 Å². The number of carbonyl (C=O) groups is 1. The van der Waals surface area contributed by atoms with E-state index >= 15 is 0 Å². The van der Waals surface area contributed by atoms with E-state index in [1.54, 1.807) is 0 Å². The third kappa shape index (κ3) is 3.27. The van der Waals surface area contributed by atoms with Crippen LogP contribution in [-0.4, -0.2) is 30.0 Å². The number of amides is 1. The molecule has 2 rings (SSSR count). The molecule has 1 aromatic rings. The lowest BCUT2D eigenvalue weighted by atomic mass is 9.94. The number of benzene rings is 1. The highest BCUT2D eigenvalue weighted by Gasteiger charge is 2.26. The van der Waals surface area contributed by atoms with Gasteiger partial charge in [0.05, 0.1) is 16.6 Å². The van der Waals surface area contributed by atoms with Crippen LogP contribution < -0.4 is 16.4 Å². The molecule has 0 aromatic heterocycles. The summed E-state index contributed by atoms with van der Waals surface area (Å²) in [5.41, 5.74) is 4.47. The largest absolute Gasteiger partial charge is 0.393 e. The lowest BCUT2D eigenvalue weighted by Gasteiger charge is -2.30. The number of nitrogens with one attached hydrogen (secondary N) is 2. The summed E-state index contributed by atoms with van der Waals surface area (Å²) in [6, 6.07) is 1.50. The maximum absolute atomic E-state index is 13.4. The number of nitrogens with zero attached hydrogens (tertiary/aromatic N) is 1. The number of piperidine rings is 1. The highest BCUT2D eigenvalue weighted by atomic mass is 19.1. The monoisotopic (exact) mass is 296 g/mol. The number of carbonyl (C=O) groups excluding carboxylic acids is 1. The van der Waals surface area contributed by atoms with Crippen molar-refractivity contribution in [3.8, 4) is 0 Å². The van der Waals surface area contributed by atoms with Crippen molar-refractivity contribution in [3.63, 3.8) is 0 Å². The van der Waals surface area contributed by atoms with Crippen LogP contribution in [0.4, 0.5) is 15.8 Å². The molecule has 0 spiro atoms. The zero-order valence-electron chi connectivity index (χ0n) is 11.6. The van der Waals surface area contributed by atoms with Gasteiger partial charge in [-0.05, 0) is 24.9 Å². The van der Waals surface area contributed by atoms with Gasteiger partial charge in [0.25, 0.3) is 11.6 Å². The molecule has 114 valence electrons. The Kier molecular flexibility index (Phi) is 4.37. The molecular weight excluding hydrogens is 279 g/mol. The second-order valence-corrected chi connectivity index (χ2v) is 5.19. The van der Waals surface area contributed by atoms with Gasteiger partial charge in [-0.1, -0.05) is 6.92 Å². The quantitative estimate of drug-likeness (QED) is 0.438. The van der Waals surface area contributed by atoms with E-state index in [9.17, 15) is 19.3 Å². The van der Waals surface area contributed by atoms with E-state index in [4.69, 9.17) is 5.73 Å². The summed E-state index contributed by atoms with van der Waals surface area (Å²) in [6.07, 6.45) is 0.906. The first-order valence-corrected chi connectivity index (χ1v) is 6.65. The predicted octanol–water partition coefficient (Wildman–Crippen LogP) is 1.04. The van der Waals surface area contributed by atoms with Gasteiger partial charge in [0.2, 0.25) is 0 Å². The van der Waals surface area contributed by atoms with Crippen molar-refractivity contribution in [2.24, 2.45) is 5.92 Å². The summed E-state index contributed by atoms with van der Waals surface area (Å²) < 4.78 is 13.4. The SMILES string of the molecule is CC1CCNCC1NC(=O)c1cc(F)cc([N+](=O)[O-])c1N. The molecule has 2 unspecified atom stereocenters. The van der Waals surface area contributed by atoms with E-state index in [0.717, 1.165) is 19.0 Å². The highest BCUT2D eigenvalue weighted by Crippen LogP contribution is 2.27. The summed E-state index contributed by atoms with van der Waals surface area (Å²) in [6.45, 7) is 3.48. The fourth-order valence-corrected chi connectivity index (χ4v) is 2.37. The molecule has 1 aromatic carbocycles. The first-order chi connectivity index (χ1) is 9.90. The lowest BCUT2D eigenvalue weighted by Crippen LogP contribution is -2.50. The molecule has 0 saturated carbocycles. The maximum atomic E-state index is 13.4. The number of nitrogens with two attached hydrogens (primary N) is 1. The van der Waals surface area contributed by atoms with Gasteiger partial charge in [-0.25, -0.2) is 4.39 Å². The zero-order valence-corrected chi connectivity index (χ0v) is 11.6. The summed E-state index contributed by atoms with van der Waals surface area (Å²) >= 11 is 0. The van der Waals surface area contributed by atoms with Crippen molar-refractivity contribution in [2.75, 3.05) is 18.8 Å². The molecule has 1 fully saturated rings. The van der Waals surface area contributed by atoms with E-state index in [-0.39, 0.29) is 23.2 Å². The smallest absolute Gasteiger partial charge is 0.295 e. The zero-order chi connectivity index (χ0) is 15.6. The molecule has 0 aliphatic carbocycles. The number of rotatable bonds is 3. The van der Waals surface area contributed by atoms with Gasteiger partial charge in [0, 0.05) is 12.6 Å². The Morgan fingerprint density at radius 1 is 1.57 bits per heavy atom. The second-order valence-electron chi connectivity index (χ2n) is 5.19. The molecule has 8 heteroatoms. The van der Waals surface area contributed by atoms with Crippen molar-refractivity contribution in [1.82, 2.24) is 10.6 Å². The van der Waals surface area contributed by atoms with Crippen LogP contribution in [0.5, 0.6) is 0 Å². The minimum absolute atomic E-state index is 0.118. The van der Waals surface area contributed by atoms with Gasteiger partial charge in [0.1, 0.15) is 11.5 Å². The molecular formula is C13H17FN4O3. The lowest BCUT2D eigenvalue weighted by molar-refractivity contribution is -0.384. The van der Waals surface area contributed by atoms with Crippen molar-refractivity contribution >= 4 is 17.3 Å².